The topological polar surface area (TPSA) is 24.1 Å². The van der Waals surface area contributed by atoms with Crippen molar-refractivity contribution in [2.45, 2.75) is 26.3 Å². The van der Waals surface area contributed by atoms with Gasteiger partial charge in [-0.25, -0.2) is 0 Å². The lowest BCUT2D eigenvalue weighted by Crippen LogP contribution is -2.32. The highest BCUT2D eigenvalue weighted by Crippen LogP contribution is 2.23. The van der Waals surface area contributed by atoms with Crippen molar-refractivity contribution < 1.29 is 0 Å². The molecule has 0 aliphatic carbocycles. The molecule has 0 aliphatic heterocycles. The van der Waals surface area contributed by atoms with Crippen LogP contribution in [-0.2, 0) is 0 Å². The lowest BCUT2D eigenvalue weighted by molar-refractivity contribution is 0.629. The van der Waals surface area contributed by atoms with Crippen LogP contribution in [0.4, 0.5) is 5.69 Å². The maximum absolute atomic E-state index is 6.12. The second-order valence-electron chi connectivity index (χ2n) is 4.88. The average molecular weight is 319 g/mol. The van der Waals surface area contributed by atoms with Gasteiger partial charge >= 0.3 is 0 Å². The molecule has 0 radical (unpaired) electrons. The Morgan fingerprint density at radius 1 is 1.14 bits per heavy atom. The molecule has 0 bridgehead atoms. The maximum Gasteiger partial charge on any atom is 0.171 e. The fraction of sp³-hybridized carbons (Fsp3) is 0.235. The molecular weight excluding hydrogens is 300 g/mol. The van der Waals surface area contributed by atoms with E-state index in [9.17, 15) is 0 Å². The molecule has 2 nitrogen and oxygen atoms in total. The predicted molar refractivity (Wildman–Crippen MR) is 95.0 cm³/mol. The Morgan fingerprint density at radius 2 is 1.86 bits per heavy atom. The zero-order chi connectivity index (χ0) is 15.2. The summed E-state index contributed by atoms with van der Waals surface area (Å²) in [4.78, 5) is 0. The van der Waals surface area contributed by atoms with Gasteiger partial charge in [-0.15, -0.1) is 0 Å². The minimum Gasteiger partial charge on any atom is -0.356 e. The third-order valence-electron chi connectivity index (χ3n) is 3.43. The van der Waals surface area contributed by atoms with E-state index < -0.39 is 0 Å². The maximum atomic E-state index is 6.12. The fourth-order valence-corrected chi connectivity index (χ4v) is 2.59. The molecule has 0 spiro atoms. The van der Waals surface area contributed by atoms with Crippen molar-refractivity contribution >= 4 is 34.6 Å². The molecule has 1 atom stereocenters. The summed E-state index contributed by atoms with van der Waals surface area (Å²) in [5.74, 6) is 0. The van der Waals surface area contributed by atoms with Crippen LogP contribution in [0.2, 0.25) is 5.02 Å². The number of nitrogens with one attached hydrogen (secondary N) is 2. The minimum atomic E-state index is 0.200. The standard InChI is InChI=1S/C17H19ClN2S/c1-3-15(13-8-5-4-6-9-13)19-17(21)20-16-11-7-10-14(18)12(16)2/h4-11,15H,3H2,1-2H3,(H2,19,20,21). The van der Waals surface area contributed by atoms with Crippen molar-refractivity contribution in [1.82, 2.24) is 5.32 Å². The third-order valence-corrected chi connectivity index (χ3v) is 4.06. The van der Waals surface area contributed by atoms with Crippen molar-refractivity contribution in [2.24, 2.45) is 0 Å². The first-order valence-corrected chi connectivity index (χ1v) is 7.78. The molecule has 0 saturated heterocycles. The van der Waals surface area contributed by atoms with E-state index in [0.29, 0.717) is 5.11 Å². The minimum absolute atomic E-state index is 0.200. The summed E-state index contributed by atoms with van der Waals surface area (Å²) in [6.45, 7) is 4.11. The number of benzene rings is 2. The third kappa shape index (κ3) is 4.19. The van der Waals surface area contributed by atoms with Gasteiger partial charge in [-0.05, 0) is 48.8 Å². The van der Waals surface area contributed by atoms with Crippen molar-refractivity contribution in [3.63, 3.8) is 0 Å². The molecule has 2 rings (SSSR count). The second-order valence-corrected chi connectivity index (χ2v) is 5.70. The molecule has 2 aromatic rings. The van der Waals surface area contributed by atoms with E-state index in [1.807, 2.05) is 43.3 Å². The van der Waals surface area contributed by atoms with E-state index in [0.717, 1.165) is 22.7 Å². The van der Waals surface area contributed by atoms with E-state index in [1.165, 1.54) is 5.56 Å². The van der Waals surface area contributed by atoms with Gasteiger partial charge in [0.15, 0.2) is 5.11 Å². The van der Waals surface area contributed by atoms with E-state index in [-0.39, 0.29) is 6.04 Å². The highest BCUT2D eigenvalue weighted by atomic mass is 35.5. The van der Waals surface area contributed by atoms with E-state index in [4.69, 9.17) is 23.8 Å². The van der Waals surface area contributed by atoms with Crippen molar-refractivity contribution in [3.05, 3.63) is 64.7 Å². The molecule has 2 aromatic carbocycles. The summed E-state index contributed by atoms with van der Waals surface area (Å²) in [5, 5.41) is 7.92. The first kappa shape index (κ1) is 15.8. The van der Waals surface area contributed by atoms with Gasteiger partial charge in [0.25, 0.3) is 0 Å². The molecule has 0 saturated carbocycles. The molecule has 4 heteroatoms. The molecule has 0 aromatic heterocycles. The SMILES string of the molecule is CCC(NC(=S)Nc1cccc(Cl)c1C)c1ccccc1. The predicted octanol–water partition coefficient (Wildman–Crippen LogP) is 5.09. The van der Waals surface area contributed by atoms with Crippen LogP contribution < -0.4 is 10.6 Å². The smallest absolute Gasteiger partial charge is 0.171 e. The monoisotopic (exact) mass is 318 g/mol. The van der Waals surface area contributed by atoms with Crippen LogP contribution in [0.5, 0.6) is 0 Å². The number of thiocarbonyl (C=S) groups is 1. The highest BCUT2D eigenvalue weighted by molar-refractivity contribution is 7.80. The van der Waals surface area contributed by atoms with Gasteiger partial charge in [0.2, 0.25) is 0 Å². The number of anilines is 1. The van der Waals surface area contributed by atoms with Crippen LogP contribution in [-0.4, -0.2) is 5.11 Å². The van der Waals surface area contributed by atoms with Crippen LogP contribution in [0.1, 0.15) is 30.5 Å². The molecule has 110 valence electrons. The average Bonchev–Trinajstić information content (AvgIpc) is 2.50. The van der Waals surface area contributed by atoms with Crippen molar-refractivity contribution in [2.75, 3.05) is 5.32 Å². The van der Waals surface area contributed by atoms with Crippen LogP contribution in [0.25, 0.3) is 0 Å². The summed E-state index contributed by atoms with van der Waals surface area (Å²) in [6.07, 6.45) is 0.959. The Kier molecular flexibility index (Phi) is 5.59. The van der Waals surface area contributed by atoms with Gasteiger partial charge in [-0.3, -0.25) is 0 Å². The number of hydrogen-bond acceptors (Lipinski definition) is 1. The van der Waals surface area contributed by atoms with Crippen LogP contribution in [0, 0.1) is 6.92 Å². The number of hydrogen-bond donors (Lipinski definition) is 2. The lowest BCUT2D eigenvalue weighted by Gasteiger charge is -2.20. The normalized spacial score (nSPS) is 11.8. The zero-order valence-electron chi connectivity index (χ0n) is 12.2. The lowest BCUT2D eigenvalue weighted by atomic mass is 10.1. The van der Waals surface area contributed by atoms with Gasteiger partial charge in [0.05, 0.1) is 6.04 Å². The largest absolute Gasteiger partial charge is 0.356 e. The van der Waals surface area contributed by atoms with Gasteiger partial charge in [-0.2, -0.15) is 0 Å². The molecule has 21 heavy (non-hydrogen) atoms. The van der Waals surface area contributed by atoms with E-state index in [2.05, 4.69) is 29.7 Å². The number of halogens is 1. The van der Waals surface area contributed by atoms with Gasteiger partial charge < -0.3 is 10.6 Å². The highest BCUT2D eigenvalue weighted by Gasteiger charge is 2.11. The molecule has 0 fully saturated rings. The van der Waals surface area contributed by atoms with Crippen molar-refractivity contribution in [1.29, 1.82) is 0 Å². The fourth-order valence-electron chi connectivity index (χ4n) is 2.17. The van der Waals surface area contributed by atoms with E-state index >= 15 is 0 Å². The summed E-state index contributed by atoms with van der Waals surface area (Å²) < 4.78 is 0. The molecule has 1 unspecified atom stereocenters. The Labute approximate surface area is 136 Å². The summed E-state index contributed by atoms with van der Waals surface area (Å²) in [5.41, 5.74) is 3.16. The Bertz CT molecular complexity index is 613. The molecule has 0 amide bonds. The Balaban J connectivity index is 2.05. The Morgan fingerprint density at radius 3 is 2.52 bits per heavy atom. The zero-order valence-corrected chi connectivity index (χ0v) is 13.8. The quantitative estimate of drug-likeness (QED) is 0.768. The van der Waals surface area contributed by atoms with Gasteiger partial charge in [-0.1, -0.05) is 54.9 Å². The molecule has 0 aliphatic rings. The van der Waals surface area contributed by atoms with Crippen LogP contribution in [0.3, 0.4) is 0 Å². The number of rotatable bonds is 4. The second kappa shape index (κ2) is 7.43. The first-order chi connectivity index (χ1) is 10.1. The summed E-state index contributed by atoms with van der Waals surface area (Å²) in [7, 11) is 0. The Hall–Kier alpha value is -1.58. The summed E-state index contributed by atoms with van der Waals surface area (Å²) in [6, 6.07) is 16.3. The van der Waals surface area contributed by atoms with E-state index in [1.54, 1.807) is 0 Å². The van der Waals surface area contributed by atoms with Gasteiger partial charge in [0.1, 0.15) is 0 Å². The van der Waals surface area contributed by atoms with Crippen LogP contribution >= 0.6 is 23.8 Å². The molecule has 2 N–H and O–H groups in total. The van der Waals surface area contributed by atoms with Gasteiger partial charge in [0, 0.05) is 10.7 Å². The molecule has 0 heterocycles. The molecular formula is C17H19ClN2S. The summed E-state index contributed by atoms with van der Waals surface area (Å²) >= 11 is 11.5. The first-order valence-electron chi connectivity index (χ1n) is 6.99. The van der Waals surface area contributed by atoms with Crippen LogP contribution in [0.15, 0.2) is 48.5 Å². The van der Waals surface area contributed by atoms with Crippen molar-refractivity contribution in [3.8, 4) is 0 Å².